The molecule has 0 spiro atoms. The summed E-state index contributed by atoms with van der Waals surface area (Å²) < 4.78 is 0. The molecule has 0 aliphatic rings. The van der Waals surface area contributed by atoms with Crippen LogP contribution in [0.1, 0.15) is 26.7 Å². The number of carbonyl (C=O) groups is 2. The second-order valence-electron chi connectivity index (χ2n) is 4.15. The summed E-state index contributed by atoms with van der Waals surface area (Å²) in [5.74, 6) is 1.99. The number of nitrogens with one attached hydrogen (secondary N) is 2. The van der Waals surface area contributed by atoms with Crippen molar-refractivity contribution in [2.24, 2.45) is 11.7 Å². The van der Waals surface area contributed by atoms with Crippen LogP contribution in [0, 0.1) is 18.3 Å². The van der Waals surface area contributed by atoms with Gasteiger partial charge in [-0.25, -0.2) is 0 Å². The van der Waals surface area contributed by atoms with Gasteiger partial charge in [0, 0.05) is 13.0 Å². The number of hydrogen-bond acceptors (Lipinski definition) is 3. The summed E-state index contributed by atoms with van der Waals surface area (Å²) in [6.45, 7) is 4.18. The molecule has 0 aromatic rings. The Hall–Kier alpha value is -1.54. The van der Waals surface area contributed by atoms with Gasteiger partial charge in [-0.3, -0.25) is 9.59 Å². The van der Waals surface area contributed by atoms with E-state index in [1.54, 1.807) is 0 Å². The van der Waals surface area contributed by atoms with Gasteiger partial charge in [0.15, 0.2) is 0 Å². The Balaban J connectivity index is 3.70. The molecule has 0 saturated heterocycles. The van der Waals surface area contributed by atoms with Crippen LogP contribution in [0.25, 0.3) is 0 Å². The molecule has 0 bridgehead atoms. The normalized spacial score (nSPS) is 11.7. The minimum absolute atomic E-state index is 0.0463. The van der Waals surface area contributed by atoms with Crippen LogP contribution in [0.3, 0.4) is 0 Å². The maximum atomic E-state index is 11.4. The molecule has 0 aliphatic carbocycles. The van der Waals surface area contributed by atoms with E-state index < -0.39 is 6.04 Å². The zero-order valence-corrected chi connectivity index (χ0v) is 10.5. The zero-order chi connectivity index (χ0) is 13.3. The third-order valence-corrected chi connectivity index (χ3v) is 2.26. The van der Waals surface area contributed by atoms with Gasteiger partial charge in [-0.1, -0.05) is 13.8 Å². The highest BCUT2D eigenvalue weighted by Crippen LogP contribution is 1.97. The summed E-state index contributed by atoms with van der Waals surface area (Å²) in [4.78, 5) is 22.7. The second kappa shape index (κ2) is 8.59. The lowest BCUT2D eigenvalue weighted by Crippen LogP contribution is -2.47. The SMILES string of the molecule is C#CCCCNC(=O)CNC(=O)[C@@H](N)C(C)C. The monoisotopic (exact) mass is 239 g/mol. The van der Waals surface area contributed by atoms with Crippen molar-refractivity contribution in [2.45, 2.75) is 32.7 Å². The molecule has 5 heteroatoms. The fraction of sp³-hybridized carbons (Fsp3) is 0.667. The average Bonchev–Trinajstić information content (AvgIpc) is 2.30. The molecule has 0 unspecified atom stereocenters. The summed E-state index contributed by atoms with van der Waals surface area (Å²) >= 11 is 0. The molecular formula is C12H21N3O2. The average molecular weight is 239 g/mol. The van der Waals surface area contributed by atoms with Crippen molar-refractivity contribution < 1.29 is 9.59 Å². The van der Waals surface area contributed by atoms with E-state index in [0.717, 1.165) is 6.42 Å². The van der Waals surface area contributed by atoms with Crippen molar-refractivity contribution in [3.8, 4) is 12.3 Å². The van der Waals surface area contributed by atoms with E-state index >= 15 is 0 Å². The summed E-state index contributed by atoms with van der Waals surface area (Å²) in [5, 5.41) is 5.14. The van der Waals surface area contributed by atoms with E-state index in [9.17, 15) is 9.59 Å². The largest absolute Gasteiger partial charge is 0.355 e. The lowest BCUT2D eigenvalue weighted by molar-refractivity contribution is -0.127. The number of rotatable bonds is 7. The molecule has 5 nitrogen and oxygen atoms in total. The maximum Gasteiger partial charge on any atom is 0.239 e. The van der Waals surface area contributed by atoms with Gasteiger partial charge in [0.2, 0.25) is 11.8 Å². The highest BCUT2D eigenvalue weighted by molar-refractivity contribution is 5.87. The van der Waals surface area contributed by atoms with E-state index in [1.807, 2.05) is 13.8 Å². The van der Waals surface area contributed by atoms with Gasteiger partial charge in [0.25, 0.3) is 0 Å². The third kappa shape index (κ3) is 7.36. The standard InChI is InChI=1S/C12H21N3O2/c1-4-5-6-7-14-10(16)8-15-12(17)11(13)9(2)3/h1,9,11H,5-8,13H2,2-3H3,(H,14,16)(H,15,17)/t11-/m0/s1. The first kappa shape index (κ1) is 15.5. The predicted molar refractivity (Wildman–Crippen MR) is 66.9 cm³/mol. The Labute approximate surface area is 103 Å². The van der Waals surface area contributed by atoms with Crippen LogP contribution in [0.5, 0.6) is 0 Å². The number of terminal acetylenes is 1. The number of nitrogens with two attached hydrogens (primary N) is 1. The van der Waals surface area contributed by atoms with Gasteiger partial charge in [-0.05, 0) is 12.3 Å². The van der Waals surface area contributed by atoms with Crippen molar-refractivity contribution in [3.05, 3.63) is 0 Å². The lowest BCUT2D eigenvalue weighted by atomic mass is 10.1. The van der Waals surface area contributed by atoms with E-state index in [1.165, 1.54) is 0 Å². The van der Waals surface area contributed by atoms with Crippen molar-refractivity contribution in [3.63, 3.8) is 0 Å². The van der Waals surface area contributed by atoms with Crippen LogP contribution < -0.4 is 16.4 Å². The van der Waals surface area contributed by atoms with Crippen LogP contribution in [-0.4, -0.2) is 30.9 Å². The fourth-order valence-corrected chi connectivity index (χ4v) is 1.07. The Bertz CT molecular complexity index is 295. The van der Waals surface area contributed by atoms with E-state index in [0.29, 0.717) is 13.0 Å². The number of amides is 2. The number of carbonyl (C=O) groups excluding carboxylic acids is 2. The molecule has 4 N–H and O–H groups in total. The summed E-state index contributed by atoms with van der Waals surface area (Å²) in [6, 6.07) is -0.579. The van der Waals surface area contributed by atoms with Crippen LogP contribution in [0.2, 0.25) is 0 Å². The molecule has 0 heterocycles. The minimum Gasteiger partial charge on any atom is -0.355 e. The Morgan fingerprint density at radius 2 is 2.00 bits per heavy atom. The van der Waals surface area contributed by atoms with Crippen molar-refractivity contribution in [2.75, 3.05) is 13.1 Å². The van der Waals surface area contributed by atoms with Crippen LogP contribution >= 0.6 is 0 Å². The summed E-state index contributed by atoms with van der Waals surface area (Å²) in [7, 11) is 0. The Morgan fingerprint density at radius 3 is 2.53 bits per heavy atom. The second-order valence-corrected chi connectivity index (χ2v) is 4.15. The van der Waals surface area contributed by atoms with Crippen molar-refractivity contribution >= 4 is 11.8 Å². The molecule has 0 radical (unpaired) electrons. The predicted octanol–water partition coefficient (Wildman–Crippen LogP) is -0.384. The molecule has 0 saturated carbocycles. The quantitative estimate of drug-likeness (QED) is 0.418. The molecule has 2 amide bonds. The van der Waals surface area contributed by atoms with Crippen LogP contribution in [0.15, 0.2) is 0 Å². The topological polar surface area (TPSA) is 84.2 Å². The van der Waals surface area contributed by atoms with Gasteiger partial charge in [0.05, 0.1) is 12.6 Å². The van der Waals surface area contributed by atoms with E-state index in [2.05, 4.69) is 16.6 Å². The Morgan fingerprint density at radius 1 is 1.35 bits per heavy atom. The third-order valence-electron chi connectivity index (χ3n) is 2.26. The molecule has 17 heavy (non-hydrogen) atoms. The maximum absolute atomic E-state index is 11.4. The first-order valence-electron chi connectivity index (χ1n) is 5.72. The number of unbranched alkanes of at least 4 members (excludes halogenated alkanes) is 1. The zero-order valence-electron chi connectivity index (χ0n) is 10.5. The van der Waals surface area contributed by atoms with Crippen LogP contribution in [-0.2, 0) is 9.59 Å². The van der Waals surface area contributed by atoms with Gasteiger partial charge in [0.1, 0.15) is 0 Å². The minimum atomic E-state index is -0.579. The van der Waals surface area contributed by atoms with Gasteiger partial charge >= 0.3 is 0 Å². The highest BCUT2D eigenvalue weighted by atomic mass is 16.2. The fourth-order valence-electron chi connectivity index (χ4n) is 1.07. The smallest absolute Gasteiger partial charge is 0.239 e. The molecule has 96 valence electrons. The number of hydrogen-bond donors (Lipinski definition) is 3. The van der Waals surface area contributed by atoms with Crippen molar-refractivity contribution in [1.82, 2.24) is 10.6 Å². The summed E-state index contributed by atoms with van der Waals surface area (Å²) in [5.41, 5.74) is 5.62. The first-order chi connectivity index (χ1) is 7.99. The highest BCUT2D eigenvalue weighted by Gasteiger charge is 2.17. The molecule has 0 fully saturated rings. The van der Waals surface area contributed by atoms with Crippen LogP contribution in [0.4, 0.5) is 0 Å². The Kier molecular flexibility index (Phi) is 7.82. The van der Waals surface area contributed by atoms with Crippen molar-refractivity contribution in [1.29, 1.82) is 0 Å². The summed E-state index contributed by atoms with van der Waals surface area (Å²) in [6.07, 6.45) is 6.44. The van der Waals surface area contributed by atoms with Gasteiger partial charge < -0.3 is 16.4 Å². The van der Waals surface area contributed by atoms with E-state index in [4.69, 9.17) is 12.2 Å². The van der Waals surface area contributed by atoms with E-state index in [-0.39, 0.29) is 24.3 Å². The molecule has 0 aromatic carbocycles. The molecule has 0 aliphatic heterocycles. The molecular weight excluding hydrogens is 218 g/mol. The molecule has 0 aromatic heterocycles. The molecule has 1 atom stereocenters. The van der Waals surface area contributed by atoms with Gasteiger partial charge in [-0.15, -0.1) is 12.3 Å². The first-order valence-corrected chi connectivity index (χ1v) is 5.72. The van der Waals surface area contributed by atoms with Gasteiger partial charge in [-0.2, -0.15) is 0 Å². The molecule has 0 rings (SSSR count). The lowest BCUT2D eigenvalue weighted by Gasteiger charge is -2.15.